The third kappa shape index (κ3) is 7.85. The molecule has 0 aromatic heterocycles. The van der Waals surface area contributed by atoms with Crippen molar-refractivity contribution in [3.63, 3.8) is 0 Å². The zero-order chi connectivity index (χ0) is 43.7. The van der Waals surface area contributed by atoms with Crippen LogP contribution >= 0.6 is 0 Å². The summed E-state index contributed by atoms with van der Waals surface area (Å²) in [5.74, 6) is 2.84. The number of benzene rings is 1. The number of allylic oxidation sites excluding steroid dienone is 4. The Labute approximate surface area is 368 Å². The summed E-state index contributed by atoms with van der Waals surface area (Å²) >= 11 is 0. The standard InChI is InChI=1S/C52H78FNO6S/c1-8-37-18-29-52(54-33-32-51(56)27-19-39(20-28-51)60-61(7,57)58)31-30-48(5)41(44(37)52)14-15-43-47(4)23-21-40(46(2,3)42(47)22-24-49(43,48)6)38-16-25-50(35-53,26-17-38)45(55)59-34-36-12-10-9-11-13-36/h9-13,16,21,37,39,41-44,54,56H,8,14-15,17-20,22-35H2,1-7H3. The van der Waals surface area contributed by atoms with Gasteiger partial charge in [-0.25, -0.2) is 4.39 Å². The van der Waals surface area contributed by atoms with Crippen molar-refractivity contribution in [1.82, 2.24) is 5.32 Å². The van der Waals surface area contributed by atoms with E-state index < -0.39 is 33.8 Å². The SMILES string of the molecule is CCC1CCC2(NCCC3(O)CCC(OS(C)(=O)=O)CC3)CCC3(C)C(CCC4C5(C)CC=C(C6=CCC(CF)(C(=O)OCc7ccccc7)CC6)C(C)(C)C5CCC43C)C12. The Bertz CT molecular complexity index is 1960. The van der Waals surface area contributed by atoms with E-state index in [0.717, 1.165) is 30.7 Å². The van der Waals surface area contributed by atoms with Gasteiger partial charge in [-0.1, -0.05) is 90.4 Å². The summed E-state index contributed by atoms with van der Waals surface area (Å²) in [7, 11) is -3.49. The zero-order valence-electron chi connectivity index (χ0n) is 38.6. The minimum atomic E-state index is -3.49. The molecule has 61 heavy (non-hydrogen) atoms. The highest BCUT2D eigenvalue weighted by Gasteiger charge is 2.70. The minimum absolute atomic E-state index is 0.0180. The van der Waals surface area contributed by atoms with E-state index in [4.69, 9.17) is 8.92 Å². The molecule has 0 heterocycles. The number of hydrogen-bond acceptors (Lipinski definition) is 7. The molecule has 1 aromatic carbocycles. The van der Waals surface area contributed by atoms with Crippen LogP contribution in [0.4, 0.5) is 4.39 Å². The van der Waals surface area contributed by atoms with Gasteiger partial charge in [-0.15, -0.1) is 0 Å². The minimum Gasteiger partial charge on any atom is -0.460 e. The van der Waals surface area contributed by atoms with Crippen LogP contribution in [0.25, 0.3) is 0 Å². The van der Waals surface area contributed by atoms with Gasteiger partial charge >= 0.3 is 5.97 Å². The maximum atomic E-state index is 14.8. The highest BCUT2D eigenvalue weighted by atomic mass is 32.2. The number of carbonyl (C=O) groups excluding carboxylic acids is 1. The fraction of sp³-hybridized carbons (Fsp3) is 0.788. The van der Waals surface area contributed by atoms with Crippen molar-refractivity contribution in [3.05, 3.63) is 59.2 Å². The fourth-order valence-electron chi connectivity index (χ4n) is 16.3. The van der Waals surface area contributed by atoms with Crippen molar-refractivity contribution in [3.8, 4) is 0 Å². The van der Waals surface area contributed by atoms with Gasteiger partial charge in [-0.3, -0.25) is 8.98 Å². The second kappa shape index (κ2) is 16.4. The molecule has 340 valence electrons. The van der Waals surface area contributed by atoms with Gasteiger partial charge in [0.25, 0.3) is 10.1 Å². The highest BCUT2D eigenvalue weighted by molar-refractivity contribution is 7.86. The number of aliphatic hydroxyl groups is 1. The van der Waals surface area contributed by atoms with Gasteiger partial charge in [0.1, 0.15) is 13.3 Å². The number of esters is 1. The van der Waals surface area contributed by atoms with Crippen LogP contribution in [0.15, 0.2) is 53.6 Å². The first kappa shape index (κ1) is 45.5. The Morgan fingerprint density at radius 1 is 0.852 bits per heavy atom. The molecule has 8 rings (SSSR count). The Kier molecular flexibility index (Phi) is 12.2. The molecule has 0 saturated heterocycles. The molecule has 1 aromatic rings. The molecule has 7 aliphatic rings. The van der Waals surface area contributed by atoms with E-state index in [0.29, 0.717) is 75.0 Å². The Morgan fingerprint density at radius 3 is 2.25 bits per heavy atom. The van der Waals surface area contributed by atoms with Gasteiger partial charge in [0.2, 0.25) is 0 Å². The first-order chi connectivity index (χ1) is 28.8. The van der Waals surface area contributed by atoms with Crippen molar-refractivity contribution >= 4 is 16.1 Å². The summed E-state index contributed by atoms with van der Waals surface area (Å²) in [5, 5.41) is 15.8. The molecule has 0 amide bonds. The van der Waals surface area contributed by atoms with Crippen LogP contribution in [-0.4, -0.2) is 56.2 Å². The molecule has 0 bridgehead atoms. The summed E-state index contributed by atoms with van der Waals surface area (Å²) in [6, 6.07) is 9.66. The van der Waals surface area contributed by atoms with Crippen LogP contribution in [0.5, 0.6) is 0 Å². The van der Waals surface area contributed by atoms with Crippen molar-refractivity contribution in [2.75, 3.05) is 19.5 Å². The lowest BCUT2D eigenvalue weighted by Crippen LogP contribution is -2.68. The van der Waals surface area contributed by atoms with Crippen LogP contribution < -0.4 is 5.32 Å². The summed E-state index contributed by atoms with van der Waals surface area (Å²) in [6.45, 7) is 15.7. The molecular formula is C52H78FNO6S. The predicted octanol–water partition coefficient (Wildman–Crippen LogP) is 11.2. The molecule has 0 aliphatic heterocycles. The summed E-state index contributed by atoms with van der Waals surface area (Å²) < 4.78 is 49.2. The van der Waals surface area contributed by atoms with E-state index >= 15 is 0 Å². The van der Waals surface area contributed by atoms with E-state index in [1.54, 1.807) is 0 Å². The molecule has 5 saturated carbocycles. The number of fused-ring (bicyclic) bond motifs is 7. The molecule has 7 aliphatic carbocycles. The molecule has 10 atom stereocenters. The third-order valence-corrected chi connectivity index (χ3v) is 20.4. The average molecular weight is 864 g/mol. The number of ether oxygens (including phenoxy) is 1. The van der Waals surface area contributed by atoms with E-state index in [9.17, 15) is 22.7 Å². The molecule has 9 heteroatoms. The van der Waals surface area contributed by atoms with Crippen LogP contribution in [0, 0.1) is 56.7 Å². The second-order valence-corrected chi connectivity index (χ2v) is 24.5. The van der Waals surface area contributed by atoms with E-state index in [-0.39, 0.29) is 39.9 Å². The zero-order valence-corrected chi connectivity index (χ0v) is 39.4. The maximum absolute atomic E-state index is 14.8. The number of rotatable bonds is 12. The van der Waals surface area contributed by atoms with Crippen molar-refractivity contribution in [2.24, 2.45) is 56.7 Å². The molecule has 7 nitrogen and oxygen atoms in total. The van der Waals surface area contributed by atoms with Gasteiger partial charge in [0.05, 0.1) is 23.4 Å². The molecule has 0 spiro atoms. The van der Waals surface area contributed by atoms with Gasteiger partial charge < -0.3 is 15.2 Å². The average Bonchev–Trinajstić information content (AvgIpc) is 3.59. The van der Waals surface area contributed by atoms with Crippen LogP contribution in [0.3, 0.4) is 0 Å². The lowest BCUT2D eigenvalue weighted by molar-refractivity contribution is -0.222. The molecule has 0 radical (unpaired) electrons. The van der Waals surface area contributed by atoms with Gasteiger partial charge in [0.15, 0.2) is 0 Å². The summed E-state index contributed by atoms with van der Waals surface area (Å²) in [4.78, 5) is 13.4. The topological polar surface area (TPSA) is 102 Å². The van der Waals surface area contributed by atoms with Crippen LogP contribution in [0.2, 0.25) is 0 Å². The number of halogens is 1. The number of hydrogen-bond donors (Lipinski definition) is 2. The maximum Gasteiger partial charge on any atom is 0.315 e. The van der Waals surface area contributed by atoms with Crippen LogP contribution in [-0.2, 0) is 30.4 Å². The first-order valence-corrected chi connectivity index (χ1v) is 26.1. The second-order valence-electron chi connectivity index (χ2n) is 22.9. The largest absolute Gasteiger partial charge is 0.460 e. The summed E-state index contributed by atoms with van der Waals surface area (Å²) in [6.07, 6.45) is 22.5. The van der Waals surface area contributed by atoms with Crippen molar-refractivity contribution in [2.45, 2.75) is 181 Å². The normalized spacial score (nSPS) is 43.2. The van der Waals surface area contributed by atoms with E-state index in [2.05, 4.69) is 59.0 Å². The van der Waals surface area contributed by atoms with Crippen LogP contribution in [0.1, 0.15) is 163 Å². The number of nitrogens with one attached hydrogen (secondary N) is 1. The first-order valence-electron chi connectivity index (χ1n) is 24.3. The fourth-order valence-corrected chi connectivity index (χ4v) is 17.0. The number of alkyl halides is 1. The van der Waals surface area contributed by atoms with E-state index in [1.807, 2.05) is 30.3 Å². The summed E-state index contributed by atoms with van der Waals surface area (Å²) in [5.41, 5.74) is 2.62. The monoisotopic (exact) mass is 864 g/mol. The number of carbonyl (C=O) groups is 1. The molecule has 10 unspecified atom stereocenters. The lowest BCUT2D eigenvalue weighted by atomic mass is 9.33. The van der Waals surface area contributed by atoms with Crippen molar-refractivity contribution < 1.29 is 31.6 Å². The lowest BCUT2D eigenvalue weighted by Gasteiger charge is -2.72. The molecule has 5 fully saturated rings. The van der Waals surface area contributed by atoms with Gasteiger partial charge in [-0.05, 0) is 184 Å². The van der Waals surface area contributed by atoms with Gasteiger partial charge in [-0.2, -0.15) is 8.42 Å². The van der Waals surface area contributed by atoms with Crippen molar-refractivity contribution in [1.29, 1.82) is 0 Å². The Hall–Kier alpha value is -2.07. The predicted molar refractivity (Wildman–Crippen MR) is 241 cm³/mol. The Morgan fingerprint density at radius 2 is 1.59 bits per heavy atom. The molecular weight excluding hydrogens is 786 g/mol. The van der Waals surface area contributed by atoms with Gasteiger partial charge in [0, 0.05) is 5.54 Å². The Balaban J connectivity index is 0.964. The third-order valence-electron chi connectivity index (χ3n) is 19.8. The van der Waals surface area contributed by atoms with E-state index in [1.165, 1.54) is 68.9 Å². The highest BCUT2D eigenvalue weighted by Crippen LogP contribution is 2.76. The quantitative estimate of drug-likeness (QED) is 0.159. The molecule has 2 N–H and O–H groups in total. The smallest absolute Gasteiger partial charge is 0.315 e.